The lowest BCUT2D eigenvalue weighted by Crippen LogP contribution is -2.07. The number of nitrogens with zero attached hydrogens (tertiary/aromatic N) is 1. The van der Waals surface area contributed by atoms with Crippen molar-refractivity contribution in [2.24, 2.45) is 7.05 Å². The van der Waals surface area contributed by atoms with Crippen LogP contribution in [0.2, 0.25) is 0 Å². The number of rotatable bonds is 2. The van der Waals surface area contributed by atoms with Crippen LogP contribution in [-0.4, -0.2) is 10.5 Å². The molecule has 2 aromatic rings. The van der Waals surface area contributed by atoms with E-state index >= 15 is 0 Å². The predicted octanol–water partition coefficient (Wildman–Crippen LogP) is 2.30. The zero-order valence-electron chi connectivity index (χ0n) is 8.53. The molecule has 0 radical (unpaired) electrons. The molecule has 0 saturated heterocycles. The molecule has 1 heterocycles. The number of carbonyl (C=O) groups excluding carboxylic acids is 1. The van der Waals surface area contributed by atoms with Gasteiger partial charge in [-0.1, -0.05) is 12.6 Å². The molecule has 0 aliphatic carbocycles. The molecule has 1 N–H and O–H groups in total. The van der Waals surface area contributed by atoms with Crippen LogP contribution in [0.1, 0.15) is 0 Å². The van der Waals surface area contributed by atoms with Gasteiger partial charge in [-0.05, 0) is 24.3 Å². The molecule has 0 unspecified atom stereocenters. The minimum atomic E-state index is -0.189. The molecule has 15 heavy (non-hydrogen) atoms. The molecule has 3 nitrogen and oxygen atoms in total. The van der Waals surface area contributed by atoms with Crippen molar-refractivity contribution in [1.82, 2.24) is 4.57 Å². The largest absolute Gasteiger partial charge is 0.350 e. The SMILES string of the molecule is C=CC(=O)Nc1cccc2c1ccn2C. The number of amides is 1. The number of hydrogen-bond acceptors (Lipinski definition) is 1. The molecule has 0 fully saturated rings. The van der Waals surface area contributed by atoms with Gasteiger partial charge in [-0.15, -0.1) is 0 Å². The summed E-state index contributed by atoms with van der Waals surface area (Å²) in [5.41, 5.74) is 1.91. The number of hydrogen-bond donors (Lipinski definition) is 1. The summed E-state index contributed by atoms with van der Waals surface area (Å²) in [7, 11) is 1.97. The summed E-state index contributed by atoms with van der Waals surface area (Å²) >= 11 is 0. The van der Waals surface area contributed by atoms with Crippen LogP contribution in [0, 0.1) is 0 Å². The molecule has 2 rings (SSSR count). The van der Waals surface area contributed by atoms with E-state index in [1.165, 1.54) is 6.08 Å². The summed E-state index contributed by atoms with van der Waals surface area (Å²) in [6.07, 6.45) is 3.23. The summed E-state index contributed by atoms with van der Waals surface area (Å²) in [4.78, 5) is 11.2. The number of benzene rings is 1. The second-order valence-electron chi connectivity index (χ2n) is 3.36. The van der Waals surface area contributed by atoms with Crippen molar-refractivity contribution in [3.8, 4) is 0 Å². The highest BCUT2D eigenvalue weighted by molar-refractivity contribution is 6.05. The van der Waals surface area contributed by atoms with Crippen molar-refractivity contribution >= 4 is 22.5 Å². The van der Waals surface area contributed by atoms with Crippen LogP contribution in [0.5, 0.6) is 0 Å². The summed E-state index contributed by atoms with van der Waals surface area (Å²) in [6, 6.07) is 7.79. The highest BCUT2D eigenvalue weighted by Crippen LogP contribution is 2.23. The van der Waals surface area contributed by atoms with Gasteiger partial charge in [-0.3, -0.25) is 4.79 Å². The van der Waals surface area contributed by atoms with Gasteiger partial charge in [-0.25, -0.2) is 0 Å². The molecule has 0 aliphatic rings. The summed E-state index contributed by atoms with van der Waals surface area (Å²) < 4.78 is 2.01. The van der Waals surface area contributed by atoms with Crippen molar-refractivity contribution in [2.75, 3.05) is 5.32 Å². The van der Waals surface area contributed by atoms with Gasteiger partial charge in [0.05, 0.1) is 5.69 Å². The molecule has 3 heteroatoms. The number of anilines is 1. The monoisotopic (exact) mass is 200 g/mol. The van der Waals surface area contributed by atoms with E-state index in [4.69, 9.17) is 0 Å². The summed E-state index contributed by atoms with van der Waals surface area (Å²) in [5.74, 6) is -0.189. The van der Waals surface area contributed by atoms with Crippen LogP contribution in [0.3, 0.4) is 0 Å². The van der Waals surface area contributed by atoms with Crippen LogP contribution >= 0.6 is 0 Å². The van der Waals surface area contributed by atoms with Crippen LogP contribution in [0.25, 0.3) is 10.9 Å². The Kier molecular flexibility index (Phi) is 2.29. The zero-order valence-corrected chi connectivity index (χ0v) is 8.53. The van der Waals surface area contributed by atoms with E-state index in [-0.39, 0.29) is 5.91 Å². The second kappa shape index (κ2) is 3.61. The average Bonchev–Trinajstić information content (AvgIpc) is 2.62. The topological polar surface area (TPSA) is 34.0 Å². The Hall–Kier alpha value is -2.03. The van der Waals surface area contributed by atoms with Crippen LogP contribution < -0.4 is 5.32 Å². The number of nitrogens with one attached hydrogen (secondary N) is 1. The first-order chi connectivity index (χ1) is 7.22. The molecule has 76 valence electrons. The van der Waals surface area contributed by atoms with E-state index in [2.05, 4.69) is 11.9 Å². The van der Waals surface area contributed by atoms with Crippen LogP contribution in [-0.2, 0) is 11.8 Å². The minimum Gasteiger partial charge on any atom is -0.350 e. The van der Waals surface area contributed by atoms with E-state index in [1.807, 2.05) is 42.1 Å². The van der Waals surface area contributed by atoms with E-state index in [9.17, 15) is 4.79 Å². The Bertz CT molecular complexity index is 525. The first-order valence-electron chi connectivity index (χ1n) is 4.70. The Morgan fingerprint density at radius 1 is 1.47 bits per heavy atom. The van der Waals surface area contributed by atoms with Crippen molar-refractivity contribution in [3.05, 3.63) is 43.1 Å². The van der Waals surface area contributed by atoms with Gasteiger partial charge in [0.25, 0.3) is 0 Å². The third kappa shape index (κ3) is 1.64. The Morgan fingerprint density at radius 2 is 2.27 bits per heavy atom. The molecule has 0 spiro atoms. The molecule has 0 atom stereocenters. The molecule has 1 aromatic heterocycles. The van der Waals surface area contributed by atoms with Crippen molar-refractivity contribution in [1.29, 1.82) is 0 Å². The molecule has 0 aliphatic heterocycles. The first kappa shape index (κ1) is 9.52. The number of aromatic nitrogens is 1. The third-order valence-electron chi connectivity index (χ3n) is 2.37. The lowest BCUT2D eigenvalue weighted by Gasteiger charge is -2.04. The van der Waals surface area contributed by atoms with Crippen molar-refractivity contribution in [2.45, 2.75) is 0 Å². The third-order valence-corrected chi connectivity index (χ3v) is 2.37. The van der Waals surface area contributed by atoms with E-state index in [0.29, 0.717) is 0 Å². The van der Waals surface area contributed by atoms with Crippen LogP contribution in [0.15, 0.2) is 43.1 Å². The quantitative estimate of drug-likeness (QED) is 0.741. The van der Waals surface area contributed by atoms with Gasteiger partial charge in [0, 0.05) is 24.1 Å². The minimum absolute atomic E-state index is 0.189. The maximum Gasteiger partial charge on any atom is 0.247 e. The number of aryl methyl sites for hydroxylation is 1. The Morgan fingerprint density at radius 3 is 3.00 bits per heavy atom. The van der Waals surface area contributed by atoms with Gasteiger partial charge in [0.2, 0.25) is 5.91 Å². The maximum atomic E-state index is 11.2. The summed E-state index contributed by atoms with van der Waals surface area (Å²) in [5, 5.41) is 3.81. The maximum absolute atomic E-state index is 11.2. The van der Waals surface area contributed by atoms with Gasteiger partial charge in [0.15, 0.2) is 0 Å². The fourth-order valence-corrected chi connectivity index (χ4v) is 1.60. The molecular weight excluding hydrogens is 188 g/mol. The molecule has 1 aromatic carbocycles. The zero-order chi connectivity index (χ0) is 10.8. The fourth-order valence-electron chi connectivity index (χ4n) is 1.60. The Labute approximate surface area is 88.0 Å². The molecule has 1 amide bonds. The molecular formula is C12H12N2O. The van der Waals surface area contributed by atoms with Gasteiger partial charge >= 0.3 is 0 Å². The summed E-state index contributed by atoms with van der Waals surface area (Å²) in [6.45, 7) is 3.42. The van der Waals surface area contributed by atoms with Gasteiger partial charge in [0.1, 0.15) is 0 Å². The predicted molar refractivity (Wildman–Crippen MR) is 61.7 cm³/mol. The Balaban J connectivity index is 2.51. The van der Waals surface area contributed by atoms with Gasteiger partial charge < -0.3 is 9.88 Å². The van der Waals surface area contributed by atoms with E-state index in [0.717, 1.165) is 16.6 Å². The lowest BCUT2D eigenvalue weighted by atomic mass is 10.2. The highest BCUT2D eigenvalue weighted by atomic mass is 16.1. The highest BCUT2D eigenvalue weighted by Gasteiger charge is 2.04. The second-order valence-corrected chi connectivity index (χ2v) is 3.36. The van der Waals surface area contributed by atoms with Crippen molar-refractivity contribution < 1.29 is 4.79 Å². The lowest BCUT2D eigenvalue weighted by molar-refractivity contribution is -0.111. The number of fused-ring (bicyclic) bond motifs is 1. The molecule has 0 saturated carbocycles. The molecule has 0 bridgehead atoms. The van der Waals surface area contributed by atoms with Crippen LogP contribution in [0.4, 0.5) is 5.69 Å². The standard InChI is InChI=1S/C12H12N2O/c1-3-12(15)13-10-5-4-6-11-9(10)7-8-14(11)2/h3-8H,1H2,2H3,(H,13,15). The average molecular weight is 200 g/mol. The van der Waals surface area contributed by atoms with Gasteiger partial charge in [-0.2, -0.15) is 0 Å². The normalized spacial score (nSPS) is 10.2. The fraction of sp³-hybridized carbons (Fsp3) is 0.0833. The smallest absolute Gasteiger partial charge is 0.247 e. The van der Waals surface area contributed by atoms with E-state index < -0.39 is 0 Å². The van der Waals surface area contributed by atoms with E-state index in [1.54, 1.807) is 0 Å². The van der Waals surface area contributed by atoms with Crippen molar-refractivity contribution in [3.63, 3.8) is 0 Å². The number of carbonyl (C=O) groups is 1. The first-order valence-corrected chi connectivity index (χ1v) is 4.70.